The molecule has 18 heavy (non-hydrogen) atoms. The largest absolute Gasteiger partial charge is 0.307 e. The van der Waals surface area contributed by atoms with Gasteiger partial charge in [-0.25, -0.2) is 0 Å². The molecule has 3 heteroatoms. The Balaban J connectivity index is 2.14. The van der Waals surface area contributed by atoms with E-state index in [4.69, 9.17) is 0 Å². The van der Waals surface area contributed by atoms with Gasteiger partial charge in [-0.15, -0.1) is 11.3 Å². The topological polar surface area (TPSA) is 24.9 Å². The van der Waals surface area contributed by atoms with E-state index in [1.807, 2.05) is 6.20 Å². The van der Waals surface area contributed by atoms with Gasteiger partial charge in [-0.2, -0.15) is 0 Å². The van der Waals surface area contributed by atoms with Gasteiger partial charge < -0.3 is 5.32 Å². The Labute approximate surface area is 113 Å². The Kier molecular flexibility index (Phi) is 4.36. The minimum Gasteiger partial charge on any atom is -0.307 e. The van der Waals surface area contributed by atoms with Gasteiger partial charge >= 0.3 is 0 Å². The first-order valence-corrected chi connectivity index (χ1v) is 7.59. The lowest BCUT2D eigenvalue weighted by Crippen LogP contribution is -2.35. The van der Waals surface area contributed by atoms with Crippen LogP contribution in [0.25, 0.3) is 10.2 Å². The average Bonchev–Trinajstić information content (AvgIpc) is 2.82. The Morgan fingerprint density at radius 3 is 2.78 bits per heavy atom. The van der Waals surface area contributed by atoms with E-state index in [2.05, 4.69) is 55.5 Å². The SMILES string of the molecule is CCC(NC(C)c1cnc2ccsc2c1)C(C)C. The number of nitrogens with one attached hydrogen (secondary N) is 1. The monoisotopic (exact) mass is 262 g/mol. The lowest BCUT2D eigenvalue weighted by molar-refractivity contribution is 0.355. The molecule has 0 aliphatic heterocycles. The van der Waals surface area contributed by atoms with E-state index < -0.39 is 0 Å². The molecule has 2 unspecified atom stereocenters. The summed E-state index contributed by atoms with van der Waals surface area (Å²) in [7, 11) is 0. The number of nitrogens with zero attached hydrogens (tertiary/aromatic N) is 1. The molecule has 0 radical (unpaired) electrons. The third kappa shape index (κ3) is 2.90. The van der Waals surface area contributed by atoms with Gasteiger partial charge in [0.25, 0.3) is 0 Å². The minimum absolute atomic E-state index is 0.358. The molecule has 2 atom stereocenters. The van der Waals surface area contributed by atoms with Crippen molar-refractivity contribution in [3.05, 3.63) is 29.3 Å². The van der Waals surface area contributed by atoms with Crippen molar-refractivity contribution >= 4 is 21.6 Å². The third-order valence-corrected chi connectivity index (χ3v) is 4.39. The number of fused-ring (bicyclic) bond motifs is 1. The van der Waals surface area contributed by atoms with Crippen molar-refractivity contribution in [1.29, 1.82) is 0 Å². The molecule has 0 aliphatic carbocycles. The highest BCUT2D eigenvalue weighted by molar-refractivity contribution is 7.17. The first-order valence-electron chi connectivity index (χ1n) is 6.71. The van der Waals surface area contributed by atoms with E-state index in [-0.39, 0.29) is 0 Å². The van der Waals surface area contributed by atoms with Crippen LogP contribution in [0.2, 0.25) is 0 Å². The van der Waals surface area contributed by atoms with Crippen LogP contribution in [0.15, 0.2) is 23.7 Å². The molecule has 0 saturated heterocycles. The summed E-state index contributed by atoms with van der Waals surface area (Å²) in [5, 5.41) is 5.80. The van der Waals surface area contributed by atoms with Crippen molar-refractivity contribution in [2.75, 3.05) is 0 Å². The first-order chi connectivity index (χ1) is 8.61. The molecule has 0 amide bonds. The van der Waals surface area contributed by atoms with Crippen molar-refractivity contribution in [2.45, 2.75) is 46.2 Å². The second kappa shape index (κ2) is 5.81. The quantitative estimate of drug-likeness (QED) is 0.865. The maximum absolute atomic E-state index is 4.51. The van der Waals surface area contributed by atoms with E-state index in [9.17, 15) is 0 Å². The highest BCUT2D eigenvalue weighted by Gasteiger charge is 2.15. The summed E-state index contributed by atoms with van der Waals surface area (Å²) in [4.78, 5) is 4.51. The van der Waals surface area contributed by atoms with Crippen molar-refractivity contribution < 1.29 is 0 Å². The number of aromatic nitrogens is 1. The van der Waals surface area contributed by atoms with E-state index in [0.717, 1.165) is 11.9 Å². The van der Waals surface area contributed by atoms with Crippen LogP contribution in [0, 0.1) is 5.92 Å². The van der Waals surface area contributed by atoms with Crippen LogP contribution in [0.1, 0.15) is 45.7 Å². The number of hydrogen-bond acceptors (Lipinski definition) is 3. The molecular formula is C15H22N2S. The minimum atomic E-state index is 0.358. The molecule has 2 rings (SSSR count). The zero-order valence-corrected chi connectivity index (χ0v) is 12.4. The predicted octanol–water partition coefficient (Wildman–Crippen LogP) is 4.38. The van der Waals surface area contributed by atoms with Crippen LogP contribution >= 0.6 is 11.3 Å². The van der Waals surface area contributed by atoms with Crippen LogP contribution in [0.5, 0.6) is 0 Å². The van der Waals surface area contributed by atoms with E-state index >= 15 is 0 Å². The average molecular weight is 262 g/mol. The van der Waals surface area contributed by atoms with Crippen LogP contribution < -0.4 is 5.32 Å². The molecule has 0 fully saturated rings. The second-order valence-electron chi connectivity index (χ2n) is 5.22. The van der Waals surface area contributed by atoms with Crippen molar-refractivity contribution in [3.63, 3.8) is 0 Å². The summed E-state index contributed by atoms with van der Waals surface area (Å²) in [6.45, 7) is 9.01. The summed E-state index contributed by atoms with van der Waals surface area (Å²) < 4.78 is 1.28. The van der Waals surface area contributed by atoms with Gasteiger partial charge in [-0.3, -0.25) is 4.98 Å². The summed E-state index contributed by atoms with van der Waals surface area (Å²) >= 11 is 1.76. The molecule has 0 bridgehead atoms. The van der Waals surface area contributed by atoms with Gasteiger partial charge in [0.2, 0.25) is 0 Å². The van der Waals surface area contributed by atoms with Crippen LogP contribution in [-0.2, 0) is 0 Å². The molecule has 2 nitrogen and oxygen atoms in total. The summed E-state index contributed by atoms with van der Waals surface area (Å²) in [5.41, 5.74) is 2.39. The fraction of sp³-hybridized carbons (Fsp3) is 0.533. The Morgan fingerprint density at radius 1 is 1.33 bits per heavy atom. The standard InChI is InChI=1S/C15H22N2S/c1-5-13(10(2)3)17-11(4)12-8-15-14(16-9-12)6-7-18-15/h6-11,13,17H,5H2,1-4H3. The van der Waals surface area contributed by atoms with Crippen LogP contribution in [0.4, 0.5) is 0 Å². The maximum Gasteiger partial charge on any atom is 0.0809 e. The molecule has 98 valence electrons. The number of hydrogen-bond donors (Lipinski definition) is 1. The summed E-state index contributed by atoms with van der Waals surface area (Å²) in [6.07, 6.45) is 3.16. The fourth-order valence-corrected chi connectivity index (χ4v) is 3.09. The fourth-order valence-electron chi connectivity index (χ4n) is 2.30. The molecule has 2 aromatic rings. The molecule has 2 aromatic heterocycles. The highest BCUT2D eigenvalue weighted by Crippen LogP contribution is 2.23. The van der Waals surface area contributed by atoms with Gasteiger partial charge in [-0.05, 0) is 42.3 Å². The number of thiophene rings is 1. The number of rotatable bonds is 5. The van der Waals surface area contributed by atoms with E-state index in [1.54, 1.807) is 11.3 Å². The lowest BCUT2D eigenvalue weighted by atomic mass is 9.99. The Bertz CT molecular complexity index is 504. The van der Waals surface area contributed by atoms with Crippen molar-refractivity contribution in [1.82, 2.24) is 10.3 Å². The summed E-state index contributed by atoms with van der Waals surface area (Å²) in [6, 6.07) is 5.26. The second-order valence-corrected chi connectivity index (χ2v) is 6.17. The molecule has 2 heterocycles. The van der Waals surface area contributed by atoms with Gasteiger partial charge in [0.15, 0.2) is 0 Å². The molecule has 0 aliphatic rings. The lowest BCUT2D eigenvalue weighted by Gasteiger charge is -2.25. The molecule has 1 N–H and O–H groups in total. The van der Waals surface area contributed by atoms with Crippen LogP contribution in [-0.4, -0.2) is 11.0 Å². The first kappa shape index (κ1) is 13.5. The number of pyridine rings is 1. The predicted molar refractivity (Wildman–Crippen MR) is 80.1 cm³/mol. The van der Waals surface area contributed by atoms with Crippen molar-refractivity contribution in [2.24, 2.45) is 5.92 Å². The normalized spacial score (nSPS) is 15.2. The maximum atomic E-state index is 4.51. The molecule has 0 spiro atoms. The summed E-state index contributed by atoms with van der Waals surface area (Å²) in [5.74, 6) is 0.663. The van der Waals surface area contributed by atoms with E-state index in [1.165, 1.54) is 10.3 Å². The van der Waals surface area contributed by atoms with E-state index in [0.29, 0.717) is 18.0 Å². The Morgan fingerprint density at radius 2 is 2.11 bits per heavy atom. The smallest absolute Gasteiger partial charge is 0.0809 e. The van der Waals surface area contributed by atoms with Crippen molar-refractivity contribution in [3.8, 4) is 0 Å². The Hall–Kier alpha value is -0.930. The zero-order valence-electron chi connectivity index (χ0n) is 11.6. The molecule has 0 aromatic carbocycles. The molecule has 0 saturated carbocycles. The van der Waals surface area contributed by atoms with Gasteiger partial charge in [0.1, 0.15) is 0 Å². The molecular weight excluding hydrogens is 240 g/mol. The zero-order chi connectivity index (χ0) is 13.1. The van der Waals surface area contributed by atoms with Gasteiger partial charge in [0.05, 0.1) is 10.2 Å². The van der Waals surface area contributed by atoms with Gasteiger partial charge in [0, 0.05) is 18.3 Å². The van der Waals surface area contributed by atoms with Gasteiger partial charge in [-0.1, -0.05) is 20.8 Å². The third-order valence-electron chi connectivity index (χ3n) is 3.53. The highest BCUT2D eigenvalue weighted by atomic mass is 32.1. The van der Waals surface area contributed by atoms with Crippen LogP contribution in [0.3, 0.4) is 0 Å².